The Bertz CT molecular complexity index is 1420. The van der Waals surface area contributed by atoms with Crippen LogP contribution in [0.4, 0.5) is 0 Å². The molecule has 1 atom stereocenters. The van der Waals surface area contributed by atoms with Crippen molar-refractivity contribution >= 4 is 17.5 Å². The summed E-state index contributed by atoms with van der Waals surface area (Å²) in [5, 5.41) is 3.12. The van der Waals surface area contributed by atoms with Crippen LogP contribution in [0, 0.1) is 11.8 Å². The Morgan fingerprint density at radius 1 is 1.12 bits per heavy atom. The Labute approximate surface area is 196 Å². The van der Waals surface area contributed by atoms with Gasteiger partial charge in [-0.05, 0) is 55.7 Å². The van der Waals surface area contributed by atoms with Crippen molar-refractivity contribution in [2.75, 3.05) is 13.1 Å². The summed E-state index contributed by atoms with van der Waals surface area (Å²) in [5.41, 5.74) is 8.84. The molecule has 34 heavy (non-hydrogen) atoms. The van der Waals surface area contributed by atoms with E-state index in [1.807, 2.05) is 60.8 Å². The van der Waals surface area contributed by atoms with Gasteiger partial charge in [-0.1, -0.05) is 24.1 Å². The molecular formula is C26H23N5O3. The first-order valence-electron chi connectivity index (χ1n) is 11.0. The topological polar surface area (TPSA) is 106 Å². The Balaban J connectivity index is 1.46. The lowest BCUT2D eigenvalue weighted by atomic mass is 10.0. The summed E-state index contributed by atoms with van der Waals surface area (Å²) in [4.78, 5) is 31.1. The van der Waals surface area contributed by atoms with Gasteiger partial charge in [0.2, 0.25) is 0 Å². The van der Waals surface area contributed by atoms with E-state index in [4.69, 9.17) is 15.5 Å². The minimum Gasteiger partial charge on any atom is -0.457 e. The molecule has 0 radical (unpaired) electrons. The minimum atomic E-state index is -0.582. The van der Waals surface area contributed by atoms with Gasteiger partial charge >= 0.3 is 0 Å². The summed E-state index contributed by atoms with van der Waals surface area (Å²) < 4.78 is 7.48. The summed E-state index contributed by atoms with van der Waals surface area (Å²) in [7, 11) is 0. The van der Waals surface area contributed by atoms with Crippen LogP contribution in [0.3, 0.4) is 0 Å². The molecule has 1 fully saturated rings. The molecule has 3 N–H and O–H groups in total. The third kappa shape index (κ3) is 3.88. The number of fused-ring (bicyclic) bond motifs is 1. The van der Waals surface area contributed by atoms with Gasteiger partial charge in [-0.15, -0.1) is 0 Å². The number of aromatic nitrogens is 3. The molecule has 0 spiro atoms. The first kappa shape index (κ1) is 21.3. The van der Waals surface area contributed by atoms with Crippen molar-refractivity contribution in [2.24, 2.45) is 5.73 Å². The predicted molar refractivity (Wildman–Crippen MR) is 127 cm³/mol. The highest BCUT2D eigenvalue weighted by Gasteiger charge is 2.31. The minimum absolute atomic E-state index is 0.0916. The first-order chi connectivity index (χ1) is 16.5. The second kappa shape index (κ2) is 8.79. The van der Waals surface area contributed by atoms with E-state index < -0.39 is 5.91 Å². The summed E-state index contributed by atoms with van der Waals surface area (Å²) in [6.07, 6.45) is 2.63. The number of hydrogen-bond acceptors (Lipinski definition) is 4. The number of amides is 2. The number of primary amides is 1. The van der Waals surface area contributed by atoms with Crippen molar-refractivity contribution in [3.8, 4) is 34.6 Å². The van der Waals surface area contributed by atoms with Crippen molar-refractivity contribution in [3.63, 3.8) is 0 Å². The van der Waals surface area contributed by atoms with E-state index in [9.17, 15) is 9.59 Å². The molecule has 3 heterocycles. The number of nitrogens with zero attached hydrogens (tertiary/aromatic N) is 3. The molecule has 4 aromatic rings. The number of para-hydroxylation sites is 1. The molecule has 8 nitrogen and oxygen atoms in total. The number of H-pyrrole nitrogens is 1. The Hall–Kier alpha value is -4.51. The average Bonchev–Trinajstić information content (AvgIpc) is 3.55. The van der Waals surface area contributed by atoms with E-state index in [1.165, 1.54) is 0 Å². The second-order valence-electron chi connectivity index (χ2n) is 8.11. The van der Waals surface area contributed by atoms with Crippen molar-refractivity contribution in [1.82, 2.24) is 19.5 Å². The molecule has 1 aliphatic rings. The summed E-state index contributed by atoms with van der Waals surface area (Å²) in [6, 6.07) is 16.9. The zero-order valence-corrected chi connectivity index (χ0v) is 18.6. The number of aromatic amines is 1. The van der Waals surface area contributed by atoms with Gasteiger partial charge in [0.15, 0.2) is 11.3 Å². The van der Waals surface area contributed by atoms with E-state index in [1.54, 1.807) is 16.3 Å². The highest BCUT2D eigenvalue weighted by Crippen LogP contribution is 2.33. The van der Waals surface area contributed by atoms with Gasteiger partial charge in [0.25, 0.3) is 11.8 Å². The number of nitrogens with two attached hydrogens (primary N) is 1. The fourth-order valence-corrected chi connectivity index (χ4v) is 4.36. The van der Waals surface area contributed by atoms with Crippen LogP contribution in [0.2, 0.25) is 0 Å². The van der Waals surface area contributed by atoms with Crippen LogP contribution < -0.4 is 10.5 Å². The zero-order valence-electron chi connectivity index (χ0n) is 18.6. The van der Waals surface area contributed by atoms with Crippen molar-refractivity contribution in [3.05, 3.63) is 72.1 Å². The lowest BCUT2D eigenvalue weighted by Crippen LogP contribution is -2.26. The molecule has 1 saturated heterocycles. The molecule has 2 aromatic heterocycles. The number of carbonyl (C=O) groups is 2. The number of imidazole rings is 1. The first-order valence-corrected chi connectivity index (χ1v) is 11.0. The Morgan fingerprint density at radius 3 is 2.56 bits per heavy atom. The monoisotopic (exact) mass is 453 g/mol. The quantitative estimate of drug-likeness (QED) is 0.451. The number of nitrogens with one attached hydrogen (secondary N) is 1. The summed E-state index contributed by atoms with van der Waals surface area (Å²) in [5.74, 6) is 6.01. The fraction of sp³-hybridized carbons (Fsp3) is 0.192. The lowest BCUT2D eigenvalue weighted by Gasteiger charge is -2.12. The number of ether oxygens (including phenoxy) is 1. The smallest absolute Gasteiger partial charge is 0.298 e. The molecule has 8 heteroatoms. The standard InChI is InChI=1S/C26H23N5O3/c1-2-6-22(32)30-14-13-18(16-30)21-15-28-31-24(25(27)33)23(29-26(21)31)17-9-11-20(12-10-17)34-19-7-4-3-5-8-19/h3-5,7-12,15,18,28H,13-14,16H2,1H3,(H2,27,33). The maximum absolute atomic E-state index is 12.4. The highest BCUT2D eigenvalue weighted by molar-refractivity contribution is 5.98. The highest BCUT2D eigenvalue weighted by atomic mass is 16.5. The van der Waals surface area contributed by atoms with Gasteiger partial charge in [0.05, 0.1) is 0 Å². The van der Waals surface area contributed by atoms with Gasteiger partial charge < -0.3 is 15.4 Å². The van der Waals surface area contributed by atoms with E-state index in [2.05, 4.69) is 16.9 Å². The molecule has 170 valence electrons. The largest absolute Gasteiger partial charge is 0.457 e. The Kier molecular flexibility index (Phi) is 5.52. The molecule has 0 aliphatic carbocycles. The Morgan fingerprint density at radius 2 is 1.85 bits per heavy atom. The third-order valence-electron chi connectivity index (χ3n) is 5.97. The van der Waals surface area contributed by atoms with Crippen molar-refractivity contribution < 1.29 is 14.3 Å². The number of carbonyl (C=O) groups excluding carboxylic acids is 2. The van der Waals surface area contributed by atoms with Gasteiger partial charge in [-0.2, -0.15) is 0 Å². The number of likely N-dealkylation sites (tertiary alicyclic amines) is 1. The maximum Gasteiger partial charge on any atom is 0.298 e. The number of benzene rings is 2. The third-order valence-corrected chi connectivity index (χ3v) is 5.97. The molecule has 1 aliphatic heterocycles. The van der Waals surface area contributed by atoms with Crippen molar-refractivity contribution in [2.45, 2.75) is 19.3 Å². The second-order valence-corrected chi connectivity index (χ2v) is 8.11. The summed E-state index contributed by atoms with van der Waals surface area (Å²) >= 11 is 0. The SMILES string of the molecule is CC#CC(=O)N1CCC(c2c[nH]n3c(C(N)=O)c(-c4ccc(Oc5ccccc5)cc4)nc23)C1. The van der Waals surface area contributed by atoms with Gasteiger partial charge in [0.1, 0.15) is 17.2 Å². The van der Waals surface area contributed by atoms with Crippen LogP contribution in [0.5, 0.6) is 11.5 Å². The van der Waals surface area contributed by atoms with Crippen LogP contribution in [0.1, 0.15) is 35.3 Å². The molecule has 0 saturated carbocycles. The van der Waals surface area contributed by atoms with E-state index in [0.29, 0.717) is 30.2 Å². The fourth-order valence-electron chi connectivity index (χ4n) is 4.36. The predicted octanol–water partition coefficient (Wildman–Crippen LogP) is 3.56. The van der Waals surface area contributed by atoms with Crippen LogP contribution in [0.15, 0.2) is 60.8 Å². The molecule has 2 amide bonds. The van der Waals surface area contributed by atoms with E-state index in [-0.39, 0.29) is 17.5 Å². The number of rotatable bonds is 5. The van der Waals surface area contributed by atoms with Crippen LogP contribution >= 0.6 is 0 Å². The van der Waals surface area contributed by atoms with Crippen LogP contribution in [-0.4, -0.2) is 44.4 Å². The normalized spacial score (nSPS) is 15.2. The number of hydrogen-bond donors (Lipinski definition) is 2. The molecular weight excluding hydrogens is 430 g/mol. The summed E-state index contributed by atoms with van der Waals surface area (Å²) in [6.45, 7) is 2.84. The van der Waals surface area contributed by atoms with Crippen LogP contribution in [0.25, 0.3) is 16.9 Å². The average molecular weight is 454 g/mol. The maximum atomic E-state index is 12.4. The van der Waals surface area contributed by atoms with E-state index in [0.717, 1.165) is 23.3 Å². The zero-order chi connectivity index (χ0) is 23.7. The van der Waals surface area contributed by atoms with Crippen LogP contribution in [-0.2, 0) is 4.79 Å². The van der Waals surface area contributed by atoms with Gasteiger partial charge in [0, 0.05) is 36.3 Å². The van der Waals surface area contributed by atoms with Crippen molar-refractivity contribution in [1.29, 1.82) is 0 Å². The van der Waals surface area contributed by atoms with E-state index >= 15 is 0 Å². The van der Waals surface area contributed by atoms with Gasteiger partial charge in [-0.25, -0.2) is 9.50 Å². The lowest BCUT2D eigenvalue weighted by molar-refractivity contribution is -0.124. The molecule has 1 unspecified atom stereocenters. The molecule has 5 rings (SSSR count). The molecule has 0 bridgehead atoms. The van der Waals surface area contributed by atoms with Gasteiger partial charge in [-0.3, -0.25) is 14.7 Å². The molecule has 2 aromatic carbocycles.